The number of anilines is 3. The first kappa shape index (κ1) is 29.6. The third-order valence-corrected chi connectivity index (χ3v) is 7.62. The zero-order chi connectivity index (χ0) is 30.8. The van der Waals surface area contributed by atoms with E-state index in [0.29, 0.717) is 28.3 Å². The number of sulfonamides is 1. The highest BCUT2D eigenvalue weighted by Crippen LogP contribution is 2.28. The molecule has 0 radical (unpaired) electrons. The SMILES string of the molecule is CC(C)(C)c1ccc(S(=O)(=O)Nc2ccc(-c3nc(-c4ccnc(Nc5ccc(OC(F)(F)F)cc5)c4)no3)cc2)cc1. The lowest BCUT2D eigenvalue weighted by Crippen LogP contribution is -2.16. The molecule has 0 aliphatic heterocycles. The molecule has 0 bridgehead atoms. The minimum absolute atomic E-state index is 0.0926. The normalized spacial score (nSPS) is 12.1. The van der Waals surface area contributed by atoms with E-state index in [9.17, 15) is 21.6 Å². The second-order valence-corrected chi connectivity index (χ2v) is 12.2. The average molecular weight is 610 g/mol. The van der Waals surface area contributed by atoms with Crippen LogP contribution in [-0.2, 0) is 15.4 Å². The van der Waals surface area contributed by atoms with Crippen LogP contribution in [0.1, 0.15) is 26.3 Å². The van der Waals surface area contributed by atoms with Crippen LogP contribution in [-0.4, -0.2) is 29.9 Å². The van der Waals surface area contributed by atoms with Crippen LogP contribution in [0.4, 0.5) is 30.4 Å². The van der Waals surface area contributed by atoms with Crippen molar-refractivity contribution in [2.24, 2.45) is 0 Å². The molecule has 0 atom stereocenters. The van der Waals surface area contributed by atoms with E-state index in [1.807, 2.05) is 0 Å². The molecule has 0 fully saturated rings. The molecule has 0 saturated carbocycles. The van der Waals surface area contributed by atoms with Gasteiger partial charge in [0.2, 0.25) is 5.82 Å². The summed E-state index contributed by atoms with van der Waals surface area (Å²) in [7, 11) is -3.79. The third-order valence-electron chi connectivity index (χ3n) is 6.22. The minimum Gasteiger partial charge on any atom is -0.406 e. The standard InChI is InChI=1S/C30H26F3N5O4S/c1-29(2,3)21-6-14-25(15-7-21)43(39,40)38-23-8-4-19(5-9-23)28-36-27(37-42-28)20-16-17-34-26(18-20)35-22-10-12-24(13-11-22)41-30(31,32)33/h4-18,38H,1-3H3,(H,34,35). The van der Waals surface area contributed by atoms with Gasteiger partial charge < -0.3 is 14.6 Å². The molecule has 9 nitrogen and oxygen atoms in total. The number of alkyl halides is 3. The summed E-state index contributed by atoms with van der Waals surface area (Å²) in [6.07, 6.45) is -3.25. The maximum atomic E-state index is 12.9. The van der Waals surface area contributed by atoms with Crippen molar-refractivity contribution in [2.75, 3.05) is 10.0 Å². The topological polar surface area (TPSA) is 119 Å². The van der Waals surface area contributed by atoms with Gasteiger partial charge in [-0.1, -0.05) is 38.1 Å². The number of rotatable bonds is 8. The Labute approximate surface area is 245 Å². The molecule has 2 aromatic heterocycles. The Balaban J connectivity index is 1.25. The van der Waals surface area contributed by atoms with Gasteiger partial charge in [0, 0.05) is 28.7 Å². The Morgan fingerprint density at radius 2 is 1.47 bits per heavy atom. The smallest absolute Gasteiger partial charge is 0.406 e. The van der Waals surface area contributed by atoms with E-state index in [4.69, 9.17) is 4.52 Å². The van der Waals surface area contributed by atoms with Crippen molar-refractivity contribution >= 4 is 27.2 Å². The third kappa shape index (κ3) is 7.49. The highest BCUT2D eigenvalue weighted by atomic mass is 32.2. The number of hydrogen-bond acceptors (Lipinski definition) is 8. The number of ether oxygens (including phenoxy) is 1. The van der Waals surface area contributed by atoms with E-state index in [1.54, 1.807) is 60.7 Å². The Morgan fingerprint density at radius 1 is 0.814 bits per heavy atom. The van der Waals surface area contributed by atoms with Crippen LogP contribution >= 0.6 is 0 Å². The van der Waals surface area contributed by atoms with Crippen LogP contribution in [0.2, 0.25) is 0 Å². The van der Waals surface area contributed by atoms with Gasteiger partial charge in [-0.15, -0.1) is 13.2 Å². The Morgan fingerprint density at radius 3 is 2.09 bits per heavy atom. The van der Waals surface area contributed by atoms with Crippen LogP contribution in [0.3, 0.4) is 0 Å². The summed E-state index contributed by atoms with van der Waals surface area (Å²) in [5.74, 6) is 0.556. The number of pyridine rings is 1. The highest BCUT2D eigenvalue weighted by molar-refractivity contribution is 7.92. The molecule has 43 heavy (non-hydrogen) atoms. The zero-order valence-corrected chi connectivity index (χ0v) is 24.0. The van der Waals surface area contributed by atoms with Gasteiger partial charge in [0.25, 0.3) is 15.9 Å². The molecule has 2 heterocycles. The molecule has 0 aliphatic carbocycles. The molecule has 0 saturated heterocycles. The second kappa shape index (κ2) is 11.4. The molecule has 222 valence electrons. The second-order valence-electron chi connectivity index (χ2n) is 10.5. The van der Waals surface area contributed by atoms with E-state index in [-0.39, 0.29) is 27.8 Å². The molecular weight excluding hydrogens is 583 g/mol. The predicted octanol–water partition coefficient (Wildman–Crippen LogP) is 7.54. The van der Waals surface area contributed by atoms with Crippen molar-refractivity contribution in [3.63, 3.8) is 0 Å². The first-order valence-electron chi connectivity index (χ1n) is 12.9. The van der Waals surface area contributed by atoms with E-state index in [1.165, 1.54) is 30.5 Å². The van der Waals surface area contributed by atoms with Gasteiger partial charge in [-0.25, -0.2) is 13.4 Å². The van der Waals surface area contributed by atoms with E-state index in [0.717, 1.165) is 5.56 Å². The van der Waals surface area contributed by atoms with Gasteiger partial charge in [0.15, 0.2) is 0 Å². The minimum atomic E-state index is -4.77. The molecule has 0 spiro atoms. The van der Waals surface area contributed by atoms with Crippen LogP contribution in [0.15, 0.2) is 101 Å². The van der Waals surface area contributed by atoms with Gasteiger partial charge in [-0.2, -0.15) is 4.98 Å². The lowest BCUT2D eigenvalue weighted by molar-refractivity contribution is -0.274. The summed E-state index contributed by atoms with van der Waals surface area (Å²) >= 11 is 0. The van der Waals surface area contributed by atoms with Crippen molar-refractivity contribution in [1.29, 1.82) is 0 Å². The fourth-order valence-electron chi connectivity index (χ4n) is 4.01. The summed E-state index contributed by atoms with van der Waals surface area (Å²) in [5.41, 5.74) is 2.94. The molecule has 0 unspecified atom stereocenters. The summed E-state index contributed by atoms with van der Waals surface area (Å²) in [6.45, 7) is 6.17. The molecule has 5 rings (SSSR count). The van der Waals surface area contributed by atoms with E-state index >= 15 is 0 Å². The Kier molecular flexibility index (Phi) is 7.84. The monoisotopic (exact) mass is 609 g/mol. The van der Waals surface area contributed by atoms with Crippen LogP contribution in [0.25, 0.3) is 22.8 Å². The molecule has 5 aromatic rings. The molecule has 0 aliphatic rings. The van der Waals surface area contributed by atoms with E-state index in [2.05, 4.69) is 50.7 Å². The summed E-state index contributed by atoms with van der Waals surface area (Å²) in [5, 5.41) is 7.02. The first-order chi connectivity index (χ1) is 20.2. The number of aromatic nitrogens is 3. The number of nitrogens with zero attached hydrogens (tertiary/aromatic N) is 3. The van der Waals surface area contributed by atoms with E-state index < -0.39 is 16.4 Å². The van der Waals surface area contributed by atoms with Crippen molar-refractivity contribution in [1.82, 2.24) is 15.1 Å². The fourth-order valence-corrected chi connectivity index (χ4v) is 5.07. The van der Waals surface area contributed by atoms with Gasteiger partial charge in [0.05, 0.1) is 4.90 Å². The highest BCUT2D eigenvalue weighted by Gasteiger charge is 2.31. The fraction of sp³-hybridized carbons (Fsp3) is 0.167. The zero-order valence-electron chi connectivity index (χ0n) is 23.2. The van der Waals surface area contributed by atoms with Crippen molar-refractivity contribution in [3.05, 3.63) is 96.7 Å². The summed E-state index contributed by atoms with van der Waals surface area (Å²) in [6, 6.07) is 21.8. The number of nitrogens with one attached hydrogen (secondary N) is 2. The van der Waals surface area contributed by atoms with Crippen LogP contribution in [0.5, 0.6) is 5.75 Å². The predicted molar refractivity (Wildman–Crippen MR) is 155 cm³/mol. The maximum Gasteiger partial charge on any atom is 0.573 e. The van der Waals surface area contributed by atoms with Crippen LogP contribution < -0.4 is 14.8 Å². The lowest BCUT2D eigenvalue weighted by atomic mass is 9.87. The van der Waals surface area contributed by atoms with Gasteiger partial charge in [-0.05, 0) is 83.8 Å². The number of benzene rings is 3. The molecule has 3 aromatic carbocycles. The molecule has 13 heteroatoms. The first-order valence-corrected chi connectivity index (χ1v) is 14.4. The maximum absolute atomic E-state index is 12.9. The molecular formula is C30H26F3N5O4S. The quantitative estimate of drug-likeness (QED) is 0.185. The van der Waals surface area contributed by atoms with Crippen molar-refractivity contribution in [2.45, 2.75) is 37.4 Å². The average Bonchev–Trinajstić information content (AvgIpc) is 3.44. The largest absolute Gasteiger partial charge is 0.573 e. The van der Waals surface area contributed by atoms with Crippen LogP contribution in [0, 0.1) is 0 Å². The number of halogens is 3. The molecule has 2 N–H and O–H groups in total. The van der Waals surface area contributed by atoms with Gasteiger partial charge in [-0.3, -0.25) is 4.72 Å². The van der Waals surface area contributed by atoms with Crippen molar-refractivity contribution in [3.8, 4) is 28.6 Å². The van der Waals surface area contributed by atoms with Crippen molar-refractivity contribution < 1.29 is 30.8 Å². The Bertz CT molecular complexity index is 1820. The summed E-state index contributed by atoms with van der Waals surface area (Å²) in [4.78, 5) is 8.80. The lowest BCUT2D eigenvalue weighted by Gasteiger charge is -2.19. The Hall–Kier alpha value is -4.91. The van der Waals surface area contributed by atoms with Gasteiger partial charge >= 0.3 is 6.36 Å². The summed E-state index contributed by atoms with van der Waals surface area (Å²) < 4.78 is 74.8. The van der Waals surface area contributed by atoms with Gasteiger partial charge in [0.1, 0.15) is 11.6 Å². The number of hydrogen-bond donors (Lipinski definition) is 2. The molecule has 0 amide bonds.